The van der Waals surface area contributed by atoms with Crippen LogP contribution in [0.4, 0.5) is 0 Å². The maximum Gasteiger partial charge on any atom is 0.310 e. The number of carbonyl (C=O) groups is 1. The third kappa shape index (κ3) is 2.70. The van der Waals surface area contributed by atoms with Crippen LogP contribution in [0.3, 0.4) is 0 Å². The summed E-state index contributed by atoms with van der Waals surface area (Å²) >= 11 is 0. The summed E-state index contributed by atoms with van der Waals surface area (Å²) in [5.74, 6) is -0.703. The molecule has 1 aliphatic rings. The average Bonchev–Trinajstić information content (AvgIpc) is 2.73. The number of ether oxygens (including phenoxy) is 1. The summed E-state index contributed by atoms with van der Waals surface area (Å²) in [5, 5.41) is 0. The van der Waals surface area contributed by atoms with Crippen molar-refractivity contribution >= 4 is 16.0 Å². The van der Waals surface area contributed by atoms with Crippen molar-refractivity contribution in [3.05, 3.63) is 29.8 Å². The summed E-state index contributed by atoms with van der Waals surface area (Å²) < 4.78 is 31.4. The van der Waals surface area contributed by atoms with Gasteiger partial charge in [-0.3, -0.25) is 4.79 Å². The van der Waals surface area contributed by atoms with Crippen LogP contribution >= 0.6 is 0 Å². The first kappa shape index (κ1) is 13.0. The Balaban J connectivity index is 2.08. The topological polar surface area (TPSA) is 72.5 Å². The average molecular weight is 269 g/mol. The predicted octanol–water partition coefficient (Wildman–Crippen LogP) is 0.836. The largest absolute Gasteiger partial charge is 0.465 e. The van der Waals surface area contributed by atoms with Crippen molar-refractivity contribution in [1.29, 1.82) is 0 Å². The van der Waals surface area contributed by atoms with Crippen molar-refractivity contribution in [2.24, 2.45) is 5.92 Å². The Hall–Kier alpha value is -1.40. The zero-order valence-corrected chi connectivity index (χ0v) is 10.9. The number of benzene rings is 1. The van der Waals surface area contributed by atoms with Crippen molar-refractivity contribution in [3.8, 4) is 0 Å². The standard InChI is InChI=1S/C12H15NO4S/c1-9-4-2-3-5-11(9)18(15,16)13-8-10-6-7-17-12(10)14/h2-5,10,13H,6-8H2,1H3. The molecule has 1 unspecified atom stereocenters. The molecule has 1 aliphatic heterocycles. The van der Waals surface area contributed by atoms with Gasteiger partial charge in [0.2, 0.25) is 10.0 Å². The molecule has 0 radical (unpaired) electrons. The second kappa shape index (κ2) is 5.07. The van der Waals surface area contributed by atoms with E-state index in [4.69, 9.17) is 4.74 Å². The van der Waals surface area contributed by atoms with E-state index in [0.29, 0.717) is 18.6 Å². The van der Waals surface area contributed by atoms with Crippen LogP contribution in [-0.2, 0) is 19.6 Å². The maximum absolute atomic E-state index is 12.1. The monoisotopic (exact) mass is 269 g/mol. The first-order valence-corrected chi connectivity index (χ1v) is 7.21. The van der Waals surface area contributed by atoms with Gasteiger partial charge >= 0.3 is 5.97 Å². The lowest BCUT2D eigenvalue weighted by Gasteiger charge is -2.10. The number of nitrogens with one attached hydrogen (secondary N) is 1. The van der Waals surface area contributed by atoms with Crippen LogP contribution in [0.15, 0.2) is 29.2 Å². The van der Waals surface area contributed by atoms with E-state index < -0.39 is 10.0 Å². The van der Waals surface area contributed by atoms with Crippen molar-refractivity contribution < 1.29 is 17.9 Å². The predicted molar refractivity (Wildman–Crippen MR) is 65.4 cm³/mol. The molecule has 2 rings (SSSR count). The number of hydrogen-bond acceptors (Lipinski definition) is 4. The third-order valence-corrected chi connectivity index (χ3v) is 4.53. The van der Waals surface area contributed by atoms with Gasteiger partial charge in [-0.25, -0.2) is 13.1 Å². The van der Waals surface area contributed by atoms with Gasteiger partial charge in [0.25, 0.3) is 0 Å². The molecule has 5 nitrogen and oxygen atoms in total. The van der Waals surface area contributed by atoms with E-state index in [1.165, 1.54) is 0 Å². The highest BCUT2D eigenvalue weighted by Crippen LogP contribution is 2.16. The van der Waals surface area contributed by atoms with Gasteiger partial charge in [-0.1, -0.05) is 18.2 Å². The van der Waals surface area contributed by atoms with E-state index in [1.807, 2.05) is 0 Å². The van der Waals surface area contributed by atoms with Crippen LogP contribution < -0.4 is 4.72 Å². The molecule has 1 N–H and O–H groups in total. The van der Waals surface area contributed by atoms with E-state index >= 15 is 0 Å². The normalized spacial score (nSPS) is 19.8. The van der Waals surface area contributed by atoms with Crippen molar-refractivity contribution in [2.75, 3.05) is 13.2 Å². The Kier molecular flexibility index (Phi) is 3.68. The minimum atomic E-state index is -3.56. The zero-order valence-electron chi connectivity index (χ0n) is 10.0. The summed E-state index contributed by atoms with van der Waals surface area (Å²) in [4.78, 5) is 11.5. The minimum absolute atomic E-state index is 0.0928. The molecule has 6 heteroatoms. The Morgan fingerprint density at radius 1 is 1.39 bits per heavy atom. The molecule has 0 aromatic heterocycles. The van der Waals surface area contributed by atoms with E-state index in [0.717, 1.165) is 0 Å². The lowest BCUT2D eigenvalue weighted by molar-refractivity contribution is -0.141. The maximum atomic E-state index is 12.1. The van der Waals surface area contributed by atoms with Crippen molar-refractivity contribution in [1.82, 2.24) is 4.72 Å². The quantitative estimate of drug-likeness (QED) is 0.822. The van der Waals surface area contributed by atoms with E-state index in [9.17, 15) is 13.2 Å². The molecule has 0 bridgehead atoms. The first-order valence-electron chi connectivity index (χ1n) is 5.72. The molecule has 1 atom stereocenters. The molecule has 1 aromatic carbocycles. The fraction of sp³-hybridized carbons (Fsp3) is 0.417. The summed E-state index contributed by atoms with van der Waals surface area (Å²) in [6.45, 7) is 2.20. The van der Waals surface area contributed by atoms with Crippen LogP contribution in [0.1, 0.15) is 12.0 Å². The molecule has 0 aliphatic carbocycles. The molecule has 0 spiro atoms. The highest BCUT2D eigenvalue weighted by molar-refractivity contribution is 7.89. The van der Waals surface area contributed by atoms with Crippen molar-refractivity contribution in [3.63, 3.8) is 0 Å². The summed E-state index contributed by atoms with van der Waals surface area (Å²) in [6.07, 6.45) is 0.565. The molecule has 98 valence electrons. The Morgan fingerprint density at radius 3 is 2.72 bits per heavy atom. The van der Waals surface area contributed by atoms with Gasteiger partial charge in [0.15, 0.2) is 0 Å². The van der Waals surface area contributed by atoms with Gasteiger partial charge in [-0.15, -0.1) is 0 Å². The van der Waals surface area contributed by atoms with Crippen LogP contribution in [-0.4, -0.2) is 27.5 Å². The minimum Gasteiger partial charge on any atom is -0.465 e. The number of rotatable bonds is 4. The summed E-state index contributed by atoms with van der Waals surface area (Å²) in [5.41, 5.74) is 0.680. The van der Waals surface area contributed by atoms with Crippen LogP contribution in [0.5, 0.6) is 0 Å². The number of aryl methyl sites for hydroxylation is 1. The number of hydrogen-bond donors (Lipinski definition) is 1. The van der Waals surface area contributed by atoms with Gasteiger partial charge in [0.1, 0.15) is 0 Å². The van der Waals surface area contributed by atoms with Gasteiger partial charge in [0.05, 0.1) is 17.4 Å². The van der Waals surface area contributed by atoms with E-state index in [-0.39, 0.29) is 23.3 Å². The molecule has 0 saturated carbocycles. The lowest BCUT2D eigenvalue weighted by atomic mass is 10.1. The number of sulfonamides is 1. The Morgan fingerprint density at radius 2 is 2.11 bits per heavy atom. The van der Waals surface area contributed by atoms with Crippen LogP contribution in [0, 0.1) is 12.8 Å². The number of esters is 1. The van der Waals surface area contributed by atoms with E-state index in [1.54, 1.807) is 31.2 Å². The van der Waals surface area contributed by atoms with Gasteiger partial charge in [-0.05, 0) is 25.0 Å². The Labute approximate surface area is 106 Å². The van der Waals surface area contributed by atoms with Crippen molar-refractivity contribution in [2.45, 2.75) is 18.2 Å². The highest BCUT2D eigenvalue weighted by atomic mass is 32.2. The molecule has 1 heterocycles. The van der Waals surface area contributed by atoms with Gasteiger partial charge in [0, 0.05) is 6.54 Å². The fourth-order valence-corrected chi connectivity index (χ4v) is 3.19. The SMILES string of the molecule is Cc1ccccc1S(=O)(=O)NCC1CCOC1=O. The molecule has 1 aromatic rings. The molecular formula is C12H15NO4S. The second-order valence-electron chi connectivity index (χ2n) is 4.27. The molecule has 0 amide bonds. The summed E-state index contributed by atoms with van der Waals surface area (Å²) in [6, 6.07) is 6.73. The second-order valence-corrected chi connectivity index (χ2v) is 6.01. The first-order chi connectivity index (χ1) is 8.50. The lowest BCUT2D eigenvalue weighted by Crippen LogP contribution is -2.31. The van der Waals surface area contributed by atoms with Crippen LogP contribution in [0.25, 0.3) is 0 Å². The highest BCUT2D eigenvalue weighted by Gasteiger charge is 2.28. The molecule has 18 heavy (non-hydrogen) atoms. The van der Waals surface area contributed by atoms with Gasteiger partial charge in [-0.2, -0.15) is 0 Å². The summed E-state index contributed by atoms with van der Waals surface area (Å²) in [7, 11) is -3.56. The van der Waals surface area contributed by atoms with Gasteiger partial charge < -0.3 is 4.74 Å². The molecule has 1 saturated heterocycles. The zero-order chi connectivity index (χ0) is 13.2. The number of carbonyl (C=O) groups excluding carboxylic acids is 1. The third-order valence-electron chi connectivity index (χ3n) is 2.95. The Bertz CT molecular complexity index is 553. The number of cyclic esters (lactones) is 1. The smallest absolute Gasteiger partial charge is 0.310 e. The molecular weight excluding hydrogens is 254 g/mol. The molecule has 1 fully saturated rings. The fourth-order valence-electron chi connectivity index (χ4n) is 1.87. The van der Waals surface area contributed by atoms with Crippen LogP contribution in [0.2, 0.25) is 0 Å². The van der Waals surface area contributed by atoms with E-state index in [2.05, 4.69) is 4.72 Å².